The first kappa shape index (κ1) is 17.1. The molecule has 6 heteroatoms. The number of hydrogen-bond donors (Lipinski definition) is 2. The van der Waals surface area contributed by atoms with Gasteiger partial charge in [0.1, 0.15) is 0 Å². The van der Waals surface area contributed by atoms with Gasteiger partial charge < -0.3 is 5.32 Å². The van der Waals surface area contributed by atoms with Crippen molar-refractivity contribution in [3.63, 3.8) is 0 Å². The first-order valence-electron chi connectivity index (χ1n) is 7.80. The molecule has 0 spiro atoms. The number of aliphatic imine (C=N–C) groups is 1. The van der Waals surface area contributed by atoms with Crippen LogP contribution in [0.1, 0.15) is 18.4 Å². The highest BCUT2D eigenvalue weighted by molar-refractivity contribution is 7.85. The van der Waals surface area contributed by atoms with Gasteiger partial charge in [0, 0.05) is 23.5 Å². The number of benzene rings is 2. The molecule has 1 heterocycles. The van der Waals surface area contributed by atoms with Crippen LogP contribution in [0.3, 0.4) is 0 Å². The van der Waals surface area contributed by atoms with Gasteiger partial charge in [-0.1, -0.05) is 31.2 Å². The van der Waals surface area contributed by atoms with Crippen LogP contribution in [0.4, 0.5) is 11.4 Å². The van der Waals surface area contributed by atoms with E-state index in [4.69, 9.17) is 0 Å². The van der Waals surface area contributed by atoms with Crippen LogP contribution in [0.2, 0.25) is 0 Å². The number of anilines is 1. The first-order chi connectivity index (χ1) is 11.9. The molecule has 25 heavy (non-hydrogen) atoms. The zero-order chi connectivity index (χ0) is 17.9. The molecule has 2 aromatic carbocycles. The Hall–Kier alpha value is -2.70. The molecule has 2 aromatic rings. The van der Waals surface area contributed by atoms with Gasteiger partial charge in [-0.3, -0.25) is 9.55 Å². The van der Waals surface area contributed by atoms with E-state index in [0.717, 1.165) is 22.6 Å². The van der Waals surface area contributed by atoms with Crippen molar-refractivity contribution in [3.8, 4) is 0 Å². The molecule has 0 saturated heterocycles. The molecule has 1 atom stereocenters. The van der Waals surface area contributed by atoms with Crippen molar-refractivity contribution < 1.29 is 13.0 Å². The molecule has 0 radical (unpaired) electrons. The van der Waals surface area contributed by atoms with Gasteiger partial charge in [0.15, 0.2) is 0 Å². The van der Waals surface area contributed by atoms with Crippen molar-refractivity contribution in [1.82, 2.24) is 0 Å². The first-order valence-corrected chi connectivity index (χ1v) is 9.24. The highest BCUT2D eigenvalue weighted by Gasteiger charge is 2.23. The minimum Gasteiger partial charge on any atom is -0.362 e. The van der Waals surface area contributed by atoms with Crippen LogP contribution in [0.5, 0.6) is 0 Å². The average Bonchev–Trinajstić information content (AvgIpc) is 2.90. The summed E-state index contributed by atoms with van der Waals surface area (Å²) in [5, 5.41) is 3.16. The summed E-state index contributed by atoms with van der Waals surface area (Å²) in [6, 6.07) is 14.3. The van der Waals surface area contributed by atoms with Gasteiger partial charge in [-0.15, -0.1) is 0 Å². The van der Waals surface area contributed by atoms with E-state index in [2.05, 4.69) is 10.3 Å². The Morgan fingerprint density at radius 2 is 1.88 bits per heavy atom. The second-order valence-corrected chi connectivity index (χ2v) is 7.10. The average molecular weight is 354 g/mol. The maximum Gasteiger partial charge on any atom is 0.294 e. The minimum atomic E-state index is -4.20. The van der Waals surface area contributed by atoms with Gasteiger partial charge in [0.2, 0.25) is 0 Å². The molecule has 128 valence electrons. The Labute approximate surface area is 147 Å². The Morgan fingerprint density at radius 3 is 2.60 bits per heavy atom. The summed E-state index contributed by atoms with van der Waals surface area (Å²) in [6.45, 7) is 1.95. The molecule has 1 aliphatic rings. The molecule has 0 bridgehead atoms. The van der Waals surface area contributed by atoms with Gasteiger partial charge in [-0.2, -0.15) is 8.42 Å². The van der Waals surface area contributed by atoms with Crippen LogP contribution in [0.15, 0.2) is 82.8 Å². The van der Waals surface area contributed by atoms with Crippen LogP contribution in [-0.4, -0.2) is 18.7 Å². The van der Waals surface area contributed by atoms with E-state index >= 15 is 0 Å². The number of allylic oxidation sites excluding steroid dienone is 3. The molecule has 0 aliphatic carbocycles. The molecule has 0 amide bonds. The zero-order valence-electron chi connectivity index (χ0n) is 13.6. The number of rotatable bonds is 5. The summed E-state index contributed by atoms with van der Waals surface area (Å²) in [5.41, 5.74) is 3.36. The monoisotopic (exact) mass is 354 g/mol. The van der Waals surface area contributed by atoms with E-state index < -0.39 is 10.1 Å². The minimum absolute atomic E-state index is 0.0385. The molecule has 0 aromatic heterocycles. The van der Waals surface area contributed by atoms with Gasteiger partial charge in [-0.25, -0.2) is 0 Å². The topological polar surface area (TPSA) is 78.8 Å². The van der Waals surface area contributed by atoms with Crippen LogP contribution in [0.25, 0.3) is 0 Å². The predicted octanol–water partition coefficient (Wildman–Crippen LogP) is 4.30. The molecule has 1 aliphatic heterocycles. The smallest absolute Gasteiger partial charge is 0.294 e. The third kappa shape index (κ3) is 4.04. The predicted molar refractivity (Wildman–Crippen MR) is 100 cm³/mol. The van der Waals surface area contributed by atoms with Gasteiger partial charge in [-0.05, 0) is 48.0 Å². The van der Waals surface area contributed by atoms with E-state index in [1.54, 1.807) is 6.07 Å². The van der Waals surface area contributed by atoms with Crippen molar-refractivity contribution in [3.05, 3.63) is 78.5 Å². The van der Waals surface area contributed by atoms with E-state index in [9.17, 15) is 13.0 Å². The SMILES string of the molecule is CC1C(C=CC=CNc2ccccc2)=Nc2ccc(S(=O)(=O)O)cc21. The van der Waals surface area contributed by atoms with Crippen LogP contribution in [0, 0.1) is 0 Å². The zero-order valence-corrected chi connectivity index (χ0v) is 14.4. The lowest BCUT2D eigenvalue weighted by atomic mass is 9.98. The molecule has 5 nitrogen and oxygen atoms in total. The third-order valence-electron chi connectivity index (χ3n) is 3.95. The lowest BCUT2D eigenvalue weighted by molar-refractivity contribution is 0.483. The van der Waals surface area contributed by atoms with E-state index in [-0.39, 0.29) is 10.8 Å². The summed E-state index contributed by atoms with van der Waals surface area (Å²) in [6.07, 6.45) is 7.46. The van der Waals surface area contributed by atoms with Crippen molar-refractivity contribution in [1.29, 1.82) is 0 Å². The van der Waals surface area contributed by atoms with Gasteiger partial charge in [0.05, 0.1) is 10.6 Å². The van der Waals surface area contributed by atoms with E-state index in [1.807, 2.05) is 61.7 Å². The van der Waals surface area contributed by atoms with Crippen molar-refractivity contribution in [2.75, 3.05) is 5.32 Å². The maximum atomic E-state index is 11.3. The lowest BCUT2D eigenvalue weighted by Crippen LogP contribution is -2.03. The fraction of sp³-hybridized carbons (Fsp3) is 0.105. The highest BCUT2D eigenvalue weighted by atomic mass is 32.2. The quantitative estimate of drug-likeness (QED) is 0.620. The second-order valence-electron chi connectivity index (χ2n) is 5.68. The number of nitrogens with one attached hydrogen (secondary N) is 1. The van der Waals surface area contributed by atoms with Crippen LogP contribution < -0.4 is 5.32 Å². The maximum absolute atomic E-state index is 11.3. The molecular weight excluding hydrogens is 336 g/mol. The van der Waals surface area contributed by atoms with Crippen molar-refractivity contribution in [2.45, 2.75) is 17.7 Å². The Morgan fingerprint density at radius 1 is 1.12 bits per heavy atom. The fourth-order valence-corrected chi connectivity index (χ4v) is 3.12. The third-order valence-corrected chi connectivity index (χ3v) is 4.80. The Balaban J connectivity index is 1.68. The summed E-state index contributed by atoms with van der Waals surface area (Å²) < 4.78 is 31.7. The lowest BCUT2D eigenvalue weighted by Gasteiger charge is -2.06. The summed E-state index contributed by atoms with van der Waals surface area (Å²) in [4.78, 5) is 4.40. The van der Waals surface area contributed by atoms with Crippen LogP contribution >= 0.6 is 0 Å². The number of para-hydroxylation sites is 1. The molecule has 1 unspecified atom stereocenters. The molecule has 3 rings (SSSR count). The van der Waals surface area contributed by atoms with E-state index in [0.29, 0.717) is 0 Å². The summed E-state index contributed by atoms with van der Waals surface area (Å²) in [5.74, 6) is -0.0385. The second kappa shape index (κ2) is 7.04. The molecule has 0 saturated carbocycles. The highest BCUT2D eigenvalue weighted by Crippen LogP contribution is 2.37. The normalized spacial score (nSPS) is 17.0. The standard InChI is InChI=1S/C19H18N2O3S/c1-14-17-13-16(25(22,23)24)10-11-19(17)21-18(14)9-5-6-12-20-15-7-3-2-4-8-15/h2-14,20H,1H3,(H,22,23,24). The number of hydrogen-bond acceptors (Lipinski definition) is 4. The summed E-state index contributed by atoms with van der Waals surface area (Å²) in [7, 11) is -4.20. The van der Waals surface area contributed by atoms with Gasteiger partial charge in [0.25, 0.3) is 10.1 Å². The Bertz CT molecular complexity index is 961. The Kier molecular flexibility index (Phi) is 4.83. The van der Waals surface area contributed by atoms with E-state index in [1.165, 1.54) is 12.1 Å². The largest absolute Gasteiger partial charge is 0.362 e. The molecule has 0 fully saturated rings. The van der Waals surface area contributed by atoms with Crippen molar-refractivity contribution >= 4 is 27.2 Å². The molecule has 2 N–H and O–H groups in total. The number of fused-ring (bicyclic) bond motifs is 1. The fourth-order valence-electron chi connectivity index (χ4n) is 2.61. The van der Waals surface area contributed by atoms with Gasteiger partial charge >= 0.3 is 0 Å². The summed E-state index contributed by atoms with van der Waals surface area (Å²) >= 11 is 0. The number of nitrogens with zero attached hydrogens (tertiary/aromatic N) is 1. The molecular formula is C19H18N2O3S. The van der Waals surface area contributed by atoms with Crippen LogP contribution in [-0.2, 0) is 10.1 Å². The van der Waals surface area contributed by atoms with Crippen molar-refractivity contribution in [2.24, 2.45) is 4.99 Å².